The van der Waals surface area contributed by atoms with Gasteiger partial charge >= 0.3 is 0 Å². The van der Waals surface area contributed by atoms with Gasteiger partial charge in [0.1, 0.15) is 5.75 Å². The van der Waals surface area contributed by atoms with Crippen LogP contribution in [0.3, 0.4) is 0 Å². The molecule has 12 heterocycles. The van der Waals surface area contributed by atoms with Crippen LogP contribution in [0.5, 0.6) is 5.75 Å². The van der Waals surface area contributed by atoms with E-state index in [1.165, 1.54) is 12.1 Å². The van der Waals surface area contributed by atoms with Gasteiger partial charge < -0.3 is 65.6 Å². The van der Waals surface area contributed by atoms with Crippen molar-refractivity contribution in [3.63, 3.8) is 0 Å². The molecule has 0 aliphatic rings. The summed E-state index contributed by atoms with van der Waals surface area (Å²) in [5.74, 6) is 1.55. The van der Waals surface area contributed by atoms with Gasteiger partial charge in [0, 0.05) is 217 Å². The van der Waals surface area contributed by atoms with E-state index < -0.39 is 34.9 Å². The van der Waals surface area contributed by atoms with Crippen molar-refractivity contribution in [3.8, 4) is 130 Å². The maximum absolute atomic E-state index is 13.2. The van der Waals surface area contributed by atoms with Crippen LogP contribution in [0.2, 0.25) is 0 Å². The van der Waals surface area contributed by atoms with E-state index in [1.807, 2.05) is 188 Å². The van der Waals surface area contributed by atoms with E-state index in [0.29, 0.717) is 22.8 Å². The second-order valence-electron chi connectivity index (χ2n) is 24.4. The van der Waals surface area contributed by atoms with E-state index in [9.17, 15) is 30.7 Å². The minimum absolute atomic E-state index is 0. The van der Waals surface area contributed by atoms with Crippen LogP contribution in [-0.4, -0.2) is 60.3 Å². The minimum atomic E-state index is -0.649. The number of aromatic nitrogens is 16. The summed E-state index contributed by atoms with van der Waals surface area (Å²) >= 11 is 0. The number of nitrogens with two attached hydrogens (primary N) is 1. The van der Waals surface area contributed by atoms with Crippen molar-refractivity contribution in [1.29, 1.82) is 0 Å². The zero-order valence-electron chi connectivity index (χ0n) is 63.8. The van der Waals surface area contributed by atoms with Crippen molar-refractivity contribution in [2.45, 2.75) is 0 Å². The Morgan fingerprint density at radius 3 is 0.813 bits per heavy atom. The monoisotopic (exact) mass is 2350 g/mol. The zero-order chi connectivity index (χ0) is 82.6. The molecule has 0 unspecified atom stereocenters. The van der Waals surface area contributed by atoms with Gasteiger partial charge in [-0.05, 0) is 155 Å². The van der Waals surface area contributed by atoms with E-state index in [-0.39, 0.29) is 103 Å². The summed E-state index contributed by atoms with van der Waals surface area (Å²) in [4.78, 5) is 37.5. The number of nitrogens with zero attached hydrogens (tertiary/aromatic N) is 16. The second kappa shape index (κ2) is 50.5. The average Bonchev–Trinajstić information content (AvgIpc) is 1.65. The first-order valence-corrected chi connectivity index (χ1v) is 36.0. The molecule has 4 radical (unpaired) electrons. The van der Waals surface area contributed by atoms with Crippen molar-refractivity contribution in [3.05, 3.63) is 430 Å². The molecule has 19 aromatic rings. The summed E-state index contributed by atoms with van der Waals surface area (Å²) in [5.41, 5.74) is 15.8. The largest absolute Gasteiger partial charge is 0.574 e. The van der Waals surface area contributed by atoms with Gasteiger partial charge in [-0.15, -0.1) is 66.2 Å². The molecule has 0 aliphatic carbocycles. The van der Waals surface area contributed by atoms with Gasteiger partial charge in [0.2, 0.25) is 0 Å². The molecular weight excluding hydrogens is 2290 g/mol. The van der Waals surface area contributed by atoms with E-state index in [2.05, 4.69) is 110 Å². The predicted octanol–water partition coefficient (Wildman–Crippen LogP) is 19.8. The summed E-state index contributed by atoms with van der Waals surface area (Å²) in [7, 11) is 0. The smallest absolute Gasteiger partial charge is 0.146 e. The van der Waals surface area contributed by atoms with Gasteiger partial charge in [0.15, 0.2) is 0 Å². The molecule has 18 nitrogen and oxygen atoms in total. The maximum Gasteiger partial charge on any atom is 0.146 e. The topological polar surface area (TPSA) is 246 Å². The van der Waals surface area contributed by atoms with Crippen LogP contribution in [0.4, 0.5) is 30.7 Å². The van der Waals surface area contributed by atoms with Gasteiger partial charge in [-0.25, -0.2) is 0 Å². The molecule has 0 aliphatic heterocycles. The van der Waals surface area contributed by atoms with Crippen LogP contribution < -0.4 is 31.1 Å². The molecule has 12 aromatic heterocycles. The summed E-state index contributed by atoms with van der Waals surface area (Å²) < 4.78 is 89.9. The summed E-state index contributed by atoms with van der Waals surface area (Å²) in [6.45, 7) is 0. The fraction of sp³-hybridized carbons (Fsp3) is 0. The van der Waals surface area contributed by atoms with Crippen LogP contribution in [0.25, 0.3) is 124 Å². The van der Waals surface area contributed by atoms with E-state index in [1.54, 1.807) is 129 Å². The third kappa shape index (κ3) is 29.1. The van der Waals surface area contributed by atoms with Crippen molar-refractivity contribution in [1.82, 2.24) is 80.7 Å². The molecule has 123 heavy (non-hydrogen) atoms. The van der Waals surface area contributed by atoms with Gasteiger partial charge in [-0.2, -0.15) is 5.90 Å². The first kappa shape index (κ1) is 94.9. The first-order valence-electron chi connectivity index (χ1n) is 36.0. The van der Waals surface area contributed by atoms with Gasteiger partial charge in [0.25, 0.3) is 0 Å². The molecule has 0 fully saturated rings. The van der Waals surface area contributed by atoms with Crippen LogP contribution in [0.1, 0.15) is 0 Å². The molecule has 0 spiro atoms. The molecule has 0 saturated carbocycles. The fourth-order valence-electron chi connectivity index (χ4n) is 10.6. The predicted molar refractivity (Wildman–Crippen MR) is 438 cm³/mol. The maximum atomic E-state index is 13.2. The molecule has 19 rings (SSSR count). The molecular formula is C94H62F7Ir4N17O-8. The number of hydrogen-bond donors (Lipinski definition) is 1. The van der Waals surface area contributed by atoms with Crippen LogP contribution in [0, 0.1) is 65.0 Å². The Balaban J connectivity index is 0.000000174. The van der Waals surface area contributed by atoms with Gasteiger partial charge in [0.05, 0.1) is 0 Å². The van der Waals surface area contributed by atoms with Crippen LogP contribution in [0.15, 0.2) is 365 Å². The molecule has 29 heteroatoms. The summed E-state index contributed by atoms with van der Waals surface area (Å²) in [6.07, 6.45) is 15.0. The first-order chi connectivity index (χ1) is 58.4. The molecule has 0 bridgehead atoms. The standard InChI is InChI=1S/C14H11N4O.2C14H10N3.3C11H6F2N.C11H7FN.C8H6N3.4Ir/c15-19-11-6-4-10(5-7-11)13-9-14(18-17-13)12-3-1-2-8-16-12;2*1-2-6-11(7-3-1)13-10-14(17-16-13)12-8-4-5-9-15-12;3*12-8-4-5-9(10(13)7-8)11-3-1-2-6-14-11;12-10-6-4-9(5-7-10)11-3-1-2-8-13-11;1-2-5-9-7(3-1)8-4-6-10-11-8;;;;/h1-9H,15H2;2*1-10H;3*1-4,6-7H;1-4,6-8H;1-6H;;;;/q8*-1;;;;. The molecule has 2 N–H and O–H groups in total. The Hall–Kier alpha value is -13.6. The average molecular weight is 2350 g/mol. The Labute approximate surface area is 756 Å². The number of pyridine rings is 8. The normalized spacial score (nSPS) is 9.85. The molecule has 622 valence electrons. The van der Waals surface area contributed by atoms with Crippen LogP contribution in [-0.2, 0) is 80.4 Å². The van der Waals surface area contributed by atoms with E-state index in [0.717, 1.165) is 127 Å². The van der Waals surface area contributed by atoms with Crippen LogP contribution >= 0.6 is 0 Å². The Bertz CT molecular complexity index is 5750. The number of rotatable bonds is 12. The zero-order valence-corrected chi connectivity index (χ0v) is 73.3. The molecule has 7 aromatic carbocycles. The number of benzene rings is 7. The Morgan fingerprint density at radius 2 is 0.537 bits per heavy atom. The van der Waals surface area contributed by atoms with E-state index in [4.69, 9.17) is 5.90 Å². The van der Waals surface area contributed by atoms with E-state index >= 15 is 0 Å². The molecule has 0 atom stereocenters. The second-order valence-corrected chi connectivity index (χ2v) is 24.4. The van der Waals surface area contributed by atoms with Crippen molar-refractivity contribution in [2.24, 2.45) is 5.90 Å². The Kier molecular flexibility index (Phi) is 39.0. The minimum Gasteiger partial charge on any atom is -0.574 e. The van der Waals surface area contributed by atoms with Gasteiger partial charge in [-0.1, -0.05) is 197 Å². The quantitative estimate of drug-likeness (QED) is 0.0678. The van der Waals surface area contributed by atoms with Crippen molar-refractivity contribution < 1.29 is 116 Å². The SMILES string of the molecule is Fc1c[c-]c(-c2ccccn2)c(F)c1.Fc1c[c-]c(-c2ccccn2)c(F)c1.Fc1c[c-]c(-c2ccccn2)c(F)c1.Fc1c[c-]c(-c2ccccn2)cc1.NOc1ccc(-c2cc(-c3ccccn3)[n-]n2)cc1.[Ir].[Ir].[Ir].[Ir].c1ccc(-c2cc(-c3ccccn3)[n-]n2)cc1.c1ccc(-c2cc(-c3ccccn3)[n-]n2)cc1.c1ccc(-c2ccn[n-]2)nc1. The Morgan fingerprint density at radius 1 is 0.244 bits per heavy atom. The summed E-state index contributed by atoms with van der Waals surface area (Å²) in [5, 5.41) is 32.5. The van der Waals surface area contributed by atoms with Gasteiger partial charge in [-0.3, -0.25) is 50.7 Å². The third-order valence-electron chi connectivity index (χ3n) is 16.3. The molecule has 0 saturated heterocycles. The van der Waals surface area contributed by atoms with Crippen molar-refractivity contribution >= 4 is 0 Å². The number of hydrogen-bond acceptors (Lipinski definition) is 14. The fourth-order valence-corrected chi connectivity index (χ4v) is 10.6. The van der Waals surface area contributed by atoms with Crippen molar-refractivity contribution in [2.75, 3.05) is 0 Å². The third-order valence-corrected chi connectivity index (χ3v) is 16.3. The summed E-state index contributed by atoms with van der Waals surface area (Å²) in [6, 6.07) is 99.3. The number of halogens is 7. The molecule has 0 amide bonds.